The number of hydrogen-bond donors (Lipinski definition) is 3. The van der Waals surface area contributed by atoms with Crippen molar-refractivity contribution in [3.63, 3.8) is 0 Å². The Morgan fingerprint density at radius 2 is 2.00 bits per heavy atom. The summed E-state index contributed by atoms with van der Waals surface area (Å²) in [6.07, 6.45) is 1.42. The molecule has 18 heavy (non-hydrogen) atoms. The summed E-state index contributed by atoms with van der Waals surface area (Å²) in [5.74, 6) is 0.0725. The molecule has 5 nitrogen and oxygen atoms in total. The SMILES string of the molecule is CCNCCCNC(=O)CCOCCNC(C)C.[HH].[HH].[HH]. The average molecular weight is 265 g/mol. The van der Waals surface area contributed by atoms with E-state index in [2.05, 4.69) is 36.7 Å². The van der Waals surface area contributed by atoms with E-state index in [1.165, 1.54) is 0 Å². The Kier molecular flexibility index (Phi) is 12.3. The second-order valence-electron chi connectivity index (χ2n) is 4.53. The maximum atomic E-state index is 11.4. The van der Waals surface area contributed by atoms with Gasteiger partial charge in [-0.15, -0.1) is 0 Å². The van der Waals surface area contributed by atoms with Crippen molar-refractivity contribution >= 4 is 5.91 Å². The highest BCUT2D eigenvalue weighted by Gasteiger charge is 2.00. The molecule has 3 N–H and O–H groups in total. The first-order valence-corrected chi connectivity index (χ1v) is 6.95. The molecule has 0 saturated carbocycles. The van der Waals surface area contributed by atoms with Crippen LogP contribution in [0.4, 0.5) is 0 Å². The van der Waals surface area contributed by atoms with Gasteiger partial charge in [0, 0.05) is 29.8 Å². The third-order valence-corrected chi connectivity index (χ3v) is 2.37. The van der Waals surface area contributed by atoms with E-state index in [9.17, 15) is 4.79 Å². The lowest BCUT2D eigenvalue weighted by Gasteiger charge is -2.09. The number of ether oxygens (including phenoxy) is 1. The van der Waals surface area contributed by atoms with Crippen LogP contribution in [-0.2, 0) is 9.53 Å². The zero-order valence-corrected chi connectivity index (χ0v) is 12.1. The topological polar surface area (TPSA) is 62.4 Å². The maximum Gasteiger partial charge on any atom is 0.222 e. The van der Waals surface area contributed by atoms with E-state index in [4.69, 9.17) is 4.74 Å². The molecule has 1 amide bonds. The van der Waals surface area contributed by atoms with Gasteiger partial charge in [-0.05, 0) is 19.5 Å². The summed E-state index contributed by atoms with van der Waals surface area (Å²) in [7, 11) is 0. The number of carbonyl (C=O) groups is 1. The molecule has 0 saturated heterocycles. The lowest BCUT2D eigenvalue weighted by molar-refractivity contribution is -0.122. The summed E-state index contributed by atoms with van der Waals surface area (Å²) in [5.41, 5.74) is 0. The number of amides is 1. The predicted molar refractivity (Wildman–Crippen MR) is 81.1 cm³/mol. The molecule has 0 unspecified atom stereocenters. The van der Waals surface area contributed by atoms with Crippen LogP contribution in [0.3, 0.4) is 0 Å². The minimum absolute atomic E-state index is 0. The van der Waals surface area contributed by atoms with Gasteiger partial charge in [0.15, 0.2) is 0 Å². The van der Waals surface area contributed by atoms with Crippen molar-refractivity contribution in [1.29, 1.82) is 0 Å². The summed E-state index contributed by atoms with van der Waals surface area (Å²) >= 11 is 0. The van der Waals surface area contributed by atoms with E-state index in [1.54, 1.807) is 0 Å². The fraction of sp³-hybridized carbons (Fsp3) is 0.923. The molecule has 0 bridgehead atoms. The van der Waals surface area contributed by atoms with Crippen LogP contribution < -0.4 is 16.0 Å². The molecule has 0 aliphatic rings. The Bertz CT molecular complexity index is 211. The van der Waals surface area contributed by atoms with Crippen LogP contribution in [-0.4, -0.2) is 51.3 Å². The Hall–Kier alpha value is -0.650. The smallest absolute Gasteiger partial charge is 0.222 e. The highest BCUT2D eigenvalue weighted by atomic mass is 16.5. The normalized spacial score (nSPS) is 10.9. The number of hydrogen-bond acceptors (Lipinski definition) is 4. The van der Waals surface area contributed by atoms with Gasteiger partial charge in [0.2, 0.25) is 5.91 Å². The fourth-order valence-electron chi connectivity index (χ4n) is 1.39. The van der Waals surface area contributed by atoms with Gasteiger partial charge >= 0.3 is 0 Å². The van der Waals surface area contributed by atoms with E-state index in [0.29, 0.717) is 25.7 Å². The molecule has 0 aromatic rings. The Labute approximate surface area is 115 Å². The number of carbonyl (C=O) groups excluding carboxylic acids is 1. The van der Waals surface area contributed by atoms with Crippen LogP contribution in [0.25, 0.3) is 0 Å². The molecule has 0 spiro atoms. The van der Waals surface area contributed by atoms with Crippen molar-refractivity contribution < 1.29 is 13.8 Å². The van der Waals surface area contributed by atoms with Gasteiger partial charge in [-0.25, -0.2) is 0 Å². The average Bonchev–Trinajstić information content (AvgIpc) is 2.33. The number of nitrogens with one attached hydrogen (secondary N) is 3. The van der Waals surface area contributed by atoms with Crippen LogP contribution in [0.5, 0.6) is 0 Å². The molecule has 0 aliphatic heterocycles. The van der Waals surface area contributed by atoms with E-state index in [1.807, 2.05) is 0 Å². The summed E-state index contributed by atoms with van der Waals surface area (Å²) in [5, 5.41) is 9.35. The Balaban J connectivity index is -0.000000482. The van der Waals surface area contributed by atoms with Crippen molar-refractivity contribution in [2.24, 2.45) is 0 Å². The zero-order chi connectivity index (χ0) is 13.6. The van der Waals surface area contributed by atoms with Crippen LogP contribution in [0.15, 0.2) is 0 Å². The quantitative estimate of drug-likeness (QED) is 0.465. The predicted octanol–water partition coefficient (Wildman–Crippen LogP) is 1.24. The second kappa shape index (κ2) is 12.8. The third kappa shape index (κ3) is 13.4. The van der Waals surface area contributed by atoms with Crippen LogP contribution in [0.1, 0.15) is 37.9 Å². The van der Waals surface area contributed by atoms with Gasteiger partial charge in [-0.2, -0.15) is 0 Å². The van der Waals surface area contributed by atoms with E-state index in [-0.39, 0.29) is 10.2 Å². The van der Waals surface area contributed by atoms with Crippen LogP contribution >= 0.6 is 0 Å². The Morgan fingerprint density at radius 1 is 1.22 bits per heavy atom. The molecule has 114 valence electrons. The van der Waals surface area contributed by atoms with Gasteiger partial charge in [0.05, 0.1) is 13.2 Å². The molecule has 0 aromatic carbocycles. The molecule has 0 heterocycles. The lowest BCUT2D eigenvalue weighted by Crippen LogP contribution is -2.29. The minimum atomic E-state index is 0. The molecule has 0 aromatic heterocycles. The van der Waals surface area contributed by atoms with Gasteiger partial charge in [-0.1, -0.05) is 20.8 Å². The van der Waals surface area contributed by atoms with Crippen molar-refractivity contribution in [3.05, 3.63) is 0 Å². The highest BCUT2D eigenvalue weighted by molar-refractivity contribution is 5.75. The summed E-state index contributed by atoms with van der Waals surface area (Å²) in [4.78, 5) is 11.4. The first-order valence-electron chi connectivity index (χ1n) is 6.95. The first kappa shape index (κ1) is 17.4. The molecular formula is C13H35N3O2. The van der Waals surface area contributed by atoms with E-state index >= 15 is 0 Å². The van der Waals surface area contributed by atoms with Crippen molar-refractivity contribution in [1.82, 2.24) is 16.0 Å². The van der Waals surface area contributed by atoms with Crippen molar-refractivity contribution in [2.45, 2.75) is 39.7 Å². The van der Waals surface area contributed by atoms with Gasteiger partial charge in [-0.3, -0.25) is 4.79 Å². The third-order valence-electron chi connectivity index (χ3n) is 2.37. The lowest BCUT2D eigenvalue weighted by atomic mass is 10.3. The van der Waals surface area contributed by atoms with Gasteiger partial charge in [0.25, 0.3) is 0 Å². The summed E-state index contributed by atoms with van der Waals surface area (Å²) < 4.78 is 5.36. The van der Waals surface area contributed by atoms with Crippen LogP contribution in [0, 0.1) is 0 Å². The molecule has 0 rings (SSSR count). The fourth-order valence-corrected chi connectivity index (χ4v) is 1.39. The molecular weight excluding hydrogens is 230 g/mol. The Morgan fingerprint density at radius 3 is 2.67 bits per heavy atom. The van der Waals surface area contributed by atoms with Crippen molar-refractivity contribution in [2.75, 3.05) is 39.4 Å². The van der Waals surface area contributed by atoms with E-state index < -0.39 is 0 Å². The van der Waals surface area contributed by atoms with Crippen molar-refractivity contribution in [3.8, 4) is 0 Å². The minimum Gasteiger partial charge on any atom is -0.380 e. The van der Waals surface area contributed by atoms with Gasteiger partial charge in [0.1, 0.15) is 0 Å². The van der Waals surface area contributed by atoms with E-state index in [0.717, 1.165) is 32.6 Å². The second-order valence-corrected chi connectivity index (χ2v) is 4.53. The molecule has 0 radical (unpaired) electrons. The molecule has 0 fully saturated rings. The first-order chi connectivity index (χ1) is 8.66. The molecule has 0 atom stereocenters. The largest absolute Gasteiger partial charge is 0.380 e. The molecule has 5 heteroatoms. The monoisotopic (exact) mass is 265 g/mol. The number of rotatable bonds is 12. The van der Waals surface area contributed by atoms with Crippen LogP contribution in [0.2, 0.25) is 0 Å². The molecule has 0 aliphatic carbocycles. The zero-order valence-electron chi connectivity index (χ0n) is 12.1. The standard InChI is InChI=1S/C13H29N3O2.3H2/c1-4-14-7-5-8-16-13(17)6-10-18-11-9-15-12(2)3;;;/h12,14-15H,4-11H2,1-3H3,(H,16,17);3*1H. The summed E-state index contributed by atoms with van der Waals surface area (Å²) in [6, 6.07) is 0.480. The maximum absolute atomic E-state index is 11.4. The summed E-state index contributed by atoms with van der Waals surface area (Å²) in [6.45, 7) is 10.9. The van der Waals surface area contributed by atoms with Gasteiger partial charge < -0.3 is 20.7 Å². The highest BCUT2D eigenvalue weighted by Crippen LogP contribution is 1.84.